The summed E-state index contributed by atoms with van der Waals surface area (Å²) in [4.78, 5) is 0. The van der Waals surface area contributed by atoms with Crippen LogP contribution in [0.15, 0.2) is 23.0 Å². The molecule has 0 saturated carbocycles. The second kappa shape index (κ2) is 47.1. The van der Waals surface area contributed by atoms with Crippen LogP contribution in [0.25, 0.3) is 0 Å². The lowest BCUT2D eigenvalue weighted by Crippen LogP contribution is -2.50. The molecule has 0 bridgehead atoms. The van der Waals surface area contributed by atoms with Crippen LogP contribution in [0.5, 0.6) is 0 Å². The lowest BCUT2D eigenvalue weighted by atomic mass is 10.0. The van der Waals surface area contributed by atoms with Crippen LogP contribution in [0.3, 0.4) is 0 Å². The topological polar surface area (TPSA) is 55.4 Å². The van der Waals surface area contributed by atoms with Gasteiger partial charge in [0.05, 0.1) is 0 Å². The SMILES string of the molecule is CC(C)O[Si](CCCCCCCCCCCCCCCCC=CSSSSC=CCCCCCCCCCCCCCCCC[Si](OC(C)C)(OC(C)C)OC(C)C)(OC(C)C)OC(C)C. The summed E-state index contributed by atoms with van der Waals surface area (Å²) < 4.78 is 38.0. The molecule has 0 aliphatic rings. The zero-order chi connectivity index (χ0) is 49.0. The van der Waals surface area contributed by atoms with Gasteiger partial charge in [0.1, 0.15) is 0 Å². The molecule has 6 nitrogen and oxygen atoms in total. The van der Waals surface area contributed by atoms with Crippen LogP contribution < -0.4 is 0 Å². The molecule has 0 aromatic rings. The average Bonchev–Trinajstić information content (AvgIpc) is 3.21. The fraction of sp³-hybridized carbons (Fsp3) is 0.926. The van der Waals surface area contributed by atoms with Crippen LogP contribution in [-0.2, 0) is 26.6 Å². The van der Waals surface area contributed by atoms with Gasteiger partial charge in [-0.2, -0.15) is 0 Å². The van der Waals surface area contributed by atoms with Crippen molar-refractivity contribution in [2.75, 3.05) is 0 Å². The predicted octanol–water partition coefficient (Wildman–Crippen LogP) is 20.8. The van der Waals surface area contributed by atoms with Gasteiger partial charge in [0, 0.05) is 48.7 Å². The predicted molar refractivity (Wildman–Crippen MR) is 306 cm³/mol. The fourth-order valence-electron chi connectivity index (χ4n) is 8.42. The molecule has 0 rings (SSSR count). The van der Waals surface area contributed by atoms with E-state index < -0.39 is 17.6 Å². The van der Waals surface area contributed by atoms with Crippen molar-refractivity contribution in [1.29, 1.82) is 0 Å². The van der Waals surface area contributed by atoms with Crippen LogP contribution in [-0.4, -0.2) is 54.2 Å². The van der Waals surface area contributed by atoms with Gasteiger partial charge < -0.3 is 26.6 Å². The molecule has 0 aromatic heterocycles. The van der Waals surface area contributed by atoms with Crippen LogP contribution in [0.2, 0.25) is 12.1 Å². The lowest BCUT2D eigenvalue weighted by molar-refractivity contribution is 0.00161. The zero-order valence-electron chi connectivity index (χ0n) is 45.5. The molecule has 0 saturated heterocycles. The van der Waals surface area contributed by atoms with Crippen LogP contribution in [0.1, 0.15) is 276 Å². The number of allylic oxidation sites excluding steroid dienone is 2. The molecular formula is C54H110O6S4Si2. The normalized spacial score (nSPS) is 13.1. The second-order valence-electron chi connectivity index (χ2n) is 20.4. The highest BCUT2D eigenvalue weighted by Crippen LogP contribution is 2.44. The van der Waals surface area contributed by atoms with Crippen molar-refractivity contribution >= 4 is 58.8 Å². The third kappa shape index (κ3) is 46.2. The number of unbranched alkanes of at least 4 members (excludes halogenated alkanes) is 28. The number of hydrogen-bond donors (Lipinski definition) is 0. The minimum Gasteiger partial charge on any atom is -0.371 e. The lowest BCUT2D eigenvalue weighted by Gasteiger charge is -2.34. The molecule has 0 aliphatic carbocycles. The van der Waals surface area contributed by atoms with E-state index in [9.17, 15) is 0 Å². The smallest absolute Gasteiger partial charge is 0.371 e. The summed E-state index contributed by atoms with van der Waals surface area (Å²) >= 11 is 0. The van der Waals surface area contributed by atoms with Gasteiger partial charge in [-0.15, -0.1) is 0 Å². The fourth-order valence-corrected chi connectivity index (χ4v) is 19.8. The van der Waals surface area contributed by atoms with Crippen molar-refractivity contribution < 1.29 is 26.6 Å². The summed E-state index contributed by atoms with van der Waals surface area (Å²) in [6.45, 7) is 25.1. The van der Waals surface area contributed by atoms with Gasteiger partial charge in [0.25, 0.3) is 0 Å². The summed E-state index contributed by atoms with van der Waals surface area (Å²) in [5, 5.41) is 4.58. The Morgan fingerprint density at radius 2 is 0.455 bits per heavy atom. The van der Waals surface area contributed by atoms with Crippen molar-refractivity contribution in [3.8, 4) is 0 Å². The van der Waals surface area contributed by atoms with E-state index in [4.69, 9.17) is 26.6 Å². The molecule has 12 heteroatoms. The van der Waals surface area contributed by atoms with Crippen molar-refractivity contribution in [2.24, 2.45) is 0 Å². The molecule has 0 spiro atoms. The van der Waals surface area contributed by atoms with E-state index >= 15 is 0 Å². The minimum atomic E-state index is -2.63. The molecule has 0 aliphatic heterocycles. The first-order valence-corrected chi connectivity index (χ1v) is 36.5. The van der Waals surface area contributed by atoms with Gasteiger partial charge in [-0.05, 0) is 152 Å². The van der Waals surface area contributed by atoms with Gasteiger partial charge in [-0.25, -0.2) is 0 Å². The Kier molecular flexibility index (Phi) is 47.9. The molecule has 0 unspecified atom stereocenters. The summed E-state index contributed by atoms with van der Waals surface area (Å²) in [5.74, 6) is 0. The summed E-state index contributed by atoms with van der Waals surface area (Å²) in [6.07, 6.45) is 46.0. The highest BCUT2D eigenvalue weighted by molar-refractivity contribution is 9.26. The minimum absolute atomic E-state index is 0.130. The molecule has 0 N–H and O–H groups in total. The summed E-state index contributed by atoms with van der Waals surface area (Å²) in [6, 6.07) is 1.87. The maximum Gasteiger partial charge on any atom is 0.501 e. The first-order chi connectivity index (χ1) is 31.7. The maximum atomic E-state index is 6.33. The Morgan fingerprint density at radius 1 is 0.273 bits per heavy atom. The third-order valence-electron chi connectivity index (χ3n) is 11.1. The van der Waals surface area contributed by atoms with E-state index in [-0.39, 0.29) is 36.6 Å². The molecule has 394 valence electrons. The Labute approximate surface area is 430 Å². The van der Waals surface area contributed by atoms with Gasteiger partial charge >= 0.3 is 17.6 Å². The van der Waals surface area contributed by atoms with Crippen LogP contribution in [0, 0.1) is 0 Å². The molecule has 0 fully saturated rings. The summed E-state index contributed by atoms with van der Waals surface area (Å²) in [5.41, 5.74) is 0. The standard InChI is InChI=1S/C54H110O6S4Si2/c1-49(2)55-65(56-50(3)4,57-51(5)6)47-43-39-35-31-27-23-19-15-13-17-21-25-29-33-37-41-45-61-63-64-62-46-42-38-34-30-26-22-18-14-16-20-24-28-32-36-40-44-48-66(58-52(7)8,59-53(9)10)60-54(11)12/h41-42,45-46,49-54H,13-40,43-44,47-48H2,1-12H3. The maximum absolute atomic E-state index is 6.33. The van der Waals surface area contributed by atoms with Gasteiger partial charge in [0.2, 0.25) is 0 Å². The monoisotopic (exact) mass is 1040 g/mol. The zero-order valence-corrected chi connectivity index (χ0v) is 50.7. The van der Waals surface area contributed by atoms with E-state index in [0.717, 1.165) is 24.9 Å². The Hall–Kier alpha value is 1.07. The van der Waals surface area contributed by atoms with E-state index in [1.807, 2.05) is 41.2 Å². The largest absolute Gasteiger partial charge is 0.501 e. The molecule has 0 atom stereocenters. The van der Waals surface area contributed by atoms with Gasteiger partial charge in [-0.3, -0.25) is 0 Å². The van der Waals surface area contributed by atoms with E-state index in [0.29, 0.717) is 0 Å². The van der Waals surface area contributed by atoms with Gasteiger partial charge in [0.15, 0.2) is 0 Å². The molecule has 66 heavy (non-hydrogen) atoms. The third-order valence-corrected chi connectivity index (χ3v) is 23.6. The van der Waals surface area contributed by atoms with E-state index in [1.165, 1.54) is 180 Å². The number of hydrogen-bond acceptors (Lipinski definition) is 10. The Morgan fingerprint density at radius 3 is 0.652 bits per heavy atom. The van der Waals surface area contributed by atoms with Crippen LogP contribution >= 0.6 is 41.2 Å². The molecule has 0 heterocycles. The highest BCUT2D eigenvalue weighted by Gasteiger charge is 2.44. The Balaban J connectivity index is 3.52. The van der Waals surface area contributed by atoms with E-state index in [2.05, 4.69) is 106 Å². The quantitative estimate of drug-likeness (QED) is 0.0335. The van der Waals surface area contributed by atoms with Gasteiger partial charge in [-0.1, -0.05) is 188 Å². The first-order valence-electron chi connectivity index (χ1n) is 27.7. The second-order valence-corrected chi connectivity index (χ2v) is 31.2. The van der Waals surface area contributed by atoms with E-state index in [1.54, 1.807) is 0 Å². The molecule has 0 radical (unpaired) electrons. The number of rotatable bonds is 51. The van der Waals surface area contributed by atoms with Crippen molar-refractivity contribution in [3.05, 3.63) is 23.0 Å². The van der Waals surface area contributed by atoms with Crippen LogP contribution in [0.4, 0.5) is 0 Å². The highest BCUT2D eigenvalue weighted by atomic mass is 33.7. The van der Waals surface area contributed by atoms with Crippen molar-refractivity contribution in [1.82, 2.24) is 0 Å². The molecular weight excluding hydrogens is 929 g/mol. The molecule has 0 aromatic carbocycles. The van der Waals surface area contributed by atoms with Crippen molar-refractivity contribution in [2.45, 2.75) is 324 Å². The first kappa shape index (κ1) is 67.1. The van der Waals surface area contributed by atoms with Crippen molar-refractivity contribution in [3.63, 3.8) is 0 Å². The Bertz CT molecular complexity index is 946. The average molecular weight is 1040 g/mol. The summed E-state index contributed by atoms with van der Waals surface area (Å²) in [7, 11) is 2.22. The molecule has 0 amide bonds.